The highest BCUT2D eigenvalue weighted by Gasteiger charge is 1.98. The number of carbonyl (C=O) groups is 1. The summed E-state index contributed by atoms with van der Waals surface area (Å²) in [5.74, 6) is 0.0598. The van der Waals surface area contributed by atoms with E-state index >= 15 is 0 Å². The molecule has 0 aliphatic carbocycles. The lowest BCUT2D eigenvalue weighted by atomic mass is 10.1. The van der Waals surface area contributed by atoms with Crippen molar-refractivity contribution in [2.75, 3.05) is 0 Å². The molecular formula is C11H9NO2. The molecule has 0 amide bonds. The number of nitriles is 1. The van der Waals surface area contributed by atoms with Gasteiger partial charge in [-0.05, 0) is 17.7 Å². The fourth-order valence-corrected chi connectivity index (χ4v) is 1.05. The minimum absolute atomic E-state index is 0.0598. The van der Waals surface area contributed by atoms with Crippen LogP contribution in [0.15, 0.2) is 24.3 Å². The van der Waals surface area contributed by atoms with Crippen molar-refractivity contribution < 1.29 is 9.90 Å². The molecule has 1 N–H and O–H groups in total. The van der Waals surface area contributed by atoms with E-state index in [1.54, 1.807) is 18.2 Å². The third-order valence-corrected chi connectivity index (χ3v) is 1.70. The molecule has 0 aliphatic rings. The molecule has 0 aromatic heterocycles. The zero-order chi connectivity index (χ0) is 10.4. The number of hydrogen-bond acceptors (Lipinski definition) is 3. The van der Waals surface area contributed by atoms with Crippen LogP contribution in [0.25, 0.3) is 6.08 Å². The molecule has 70 valence electrons. The smallest absolute Gasteiger partial charge is 0.150 e. The Hall–Kier alpha value is -2.08. The number of hydrogen-bond donors (Lipinski definition) is 1. The number of nitrogens with zero attached hydrogens (tertiary/aromatic N) is 1. The van der Waals surface area contributed by atoms with Crippen LogP contribution in [0.3, 0.4) is 0 Å². The molecule has 14 heavy (non-hydrogen) atoms. The fraction of sp³-hybridized carbons (Fsp3) is 0.0909. The molecule has 0 radical (unpaired) electrons. The fourth-order valence-electron chi connectivity index (χ4n) is 1.05. The van der Waals surface area contributed by atoms with Gasteiger partial charge >= 0.3 is 0 Å². The summed E-state index contributed by atoms with van der Waals surface area (Å²) in [6.45, 7) is 0. The largest absolute Gasteiger partial charge is 0.508 e. The Kier molecular flexibility index (Phi) is 3.45. The summed E-state index contributed by atoms with van der Waals surface area (Å²) in [7, 11) is 0. The summed E-state index contributed by atoms with van der Waals surface area (Å²) < 4.78 is 0. The van der Waals surface area contributed by atoms with Gasteiger partial charge in [-0.2, -0.15) is 5.26 Å². The lowest BCUT2D eigenvalue weighted by molar-refractivity contribution is 0.112. The average molecular weight is 187 g/mol. The number of phenolic OH excluding ortho intramolecular Hbond substituents is 1. The summed E-state index contributed by atoms with van der Waals surface area (Å²) in [5, 5.41) is 17.4. The predicted octanol–water partition coefficient (Wildman–Crippen LogP) is 2.13. The average Bonchev–Trinajstić information content (AvgIpc) is 2.20. The first-order valence-corrected chi connectivity index (χ1v) is 4.09. The molecule has 0 saturated carbocycles. The maximum absolute atomic E-state index is 10.6. The molecule has 0 heterocycles. The van der Waals surface area contributed by atoms with Crippen molar-refractivity contribution in [3.63, 3.8) is 0 Å². The van der Waals surface area contributed by atoms with E-state index in [0.717, 1.165) is 0 Å². The van der Waals surface area contributed by atoms with Crippen molar-refractivity contribution in [2.24, 2.45) is 0 Å². The number of benzene rings is 1. The molecule has 3 nitrogen and oxygen atoms in total. The number of allylic oxidation sites excluding steroid dienone is 1. The van der Waals surface area contributed by atoms with E-state index in [-0.39, 0.29) is 5.75 Å². The lowest BCUT2D eigenvalue weighted by Crippen LogP contribution is -1.84. The summed E-state index contributed by atoms with van der Waals surface area (Å²) >= 11 is 0. The van der Waals surface area contributed by atoms with Gasteiger partial charge in [0.05, 0.1) is 12.5 Å². The molecule has 0 unspecified atom stereocenters. The summed E-state index contributed by atoms with van der Waals surface area (Å²) in [4.78, 5) is 10.6. The maximum Gasteiger partial charge on any atom is 0.150 e. The van der Waals surface area contributed by atoms with E-state index < -0.39 is 0 Å². The normalized spacial score (nSPS) is 9.93. The number of aldehydes is 1. The Morgan fingerprint density at radius 2 is 2.21 bits per heavy atom. The van der Waals surface area contributed by atoms with Crippen molar-refractivity contribution in [1.82, 2.24) is 0 Å². The third kappa shape index (κ3) is 2.46. The highest BCUT2D eigenvalue weighted by atomic mass is 16.3. The quantitative estimate of drug-likeness (QED) is 0.737. The molecule has 0 spiro atoms. The number of phenols is 1. The second-order valence-corrected chi connectivity index (χ2v) is 2.70. The van der Waals surface area contributed by atoms with E-state index in [1.807, 2.05) is 6.07 Å². The van der Waals surface area contributed by atoms with Gasteiger partial charge in [-0.3, -0.25) is 4.79 Å². The van der Waals surface area contributed by atoms with Gasteiger partial charge in [-0.25, -0.2) is 0 Å². The second kappa shape index (κ2) is 4.83. The summed E-state index contributed by atoms with van der Waals surface area (Å²) in [5.41, 5.74) is 1.12. The Bertz CT molecular complexity index is 402. The molecule has 0 aliphatic heterocycles. The number of rotatable bonds is 3. The van der Waals surface area contributed by atoms with Crippen molar-refractivity contribution in [2.45, 2.75) is 6.42 Å². The minimum Gasteiger partial charge on any atom is -0.508 e. The van der Waals surface area contributed by atoms with Gasteiger partial charge < -0.3 is 5.11 Å². The van der Waals surface area contributed by atoms with Crippen LogP contribution in [0.1, 0.15) is 22.3 Å². The van der Waals surface area contributed by atoms with Gasteiger partial charge in [0.2, 0.25) is 0 Å². The van der Waals surface area contributed by atoms with E-state index in [4.69, 9.17) is 10.4 Å². The highest BCUT2D eigenvalue weighted by Crippen LogP contribution is 2.16. The van der Waals surface area contributed by atoms with Gasteiger partial charge in [0.15, 0.2) is 6.29 Å². The second-order valence-electron chi connectivity index (χ2n) is 2.70. The van der Waals surface area contributed by atoms with Crippen LogP contribution < -0.4 is 0 Å². The molecule has 0 bridgehead atoms. The van der Waals surface area contributed by atoms with E-state index in [2.05, 4.69) is 0 Å². The van der Waals surface area contributed by atoms with Crippen LogP contribution in [0, 0.1) is 11.3 Å². The summed E-state index contributed by atoms with van der Waals surface area (Å²) in [6, 6.07) is 6.48. The minimum atomic E-state index is 0.0598. The van der Waals surface area contributed by atoms with Crippen molar-refractivity contribution in [3.05, 3.63) is 35.4 Å². The van der Waals surface area contributed by atoms with E-state index in [0.29, 0.717) is 23.8 Å². The Labute approximate surface area is 81.9 Å². The van der Waals surface area contributed by atoms with Crippen molar-refractivity contribution in [1.29, 1.82) is 5.26 Å². The molecular weight excluding hydrogens is 178 g/mol. The number of carbonyl (C=O) groups excluding carboxylic acids is 1. The van der Waals surface area contributed by atoms with Gasteiger partial charge in [-0.15, -0.1) is 0 Å². The van der Waals surface area contributed by atoms with Crippen LogP contribution in [0.4, 0.5) is 0 Å². The first-order valence-electron chi connectivity index (χ1n) is 4.09. The monoisotopic (exact) mass is 187 g/mol. The van der Waals surface area contributed by atoms with Gasteiger partial charge in [-0.1, -0.05) is 18.2 Å². The van der Waals surface area contributed by atoms with Crippen molar-refractivity contribution >= 4 is 12.4 Å². The molecule has 0 saturated heterocycles. The number of aromatic hydroxyl groups is 1. The first kappa shape index (κ1) is 10.0. The molecule has 1 aromatic carbocycles. The van der Waals surface area contributed by atoms with Gasteiger partial charge in [0.1, 0.15) is 5.75 Å². The summed E-state index contributed by atoms with van der Waals surface area (Å²) in [6.07, 6.45) is 4.33. The van der Waals surface area contributed by atoms with Crippen LogP contribution in [-0.2, 0) is 0 Å². The van der Waals surface area contributed by atoms with E-state index in [9.17, 15) is 4.79 Å². The molecule has 3 heteroatoms. The maximum atomic E-state index is 10.6. The Morgan fingerprint density at radius 3 is 2.86 bits per heavy atom. The topological polar surface area (TPSA) is 61.1 Å². The SMILES string of the molecule is N#CCC=Cc1ccc(O)cc1C=O. The first-order chi connectivity index (χ1) is 6.77. The van der Waals surface area contributed by atoms with Gasteiger partial charge in [0, 0.05) is 5.56 Å². The van der Waals surface area contributed by atoms with Crippen LogP contribution in [0.2, 0.25) is 0 Å². The standard InChI is InChI=1S/C11H9NO2/c12-6-2-1-3-9-4-5-11(14)7-10(9)8-13/h1,3-5,7-8,14H,2H2. The van der Waals surface area contributed by atoms with E-state index in [1.165, 1.54) is 12.1 Å². The van der Waals surface area contributed by atoms with Crippen LogP contribution >= 0.6 is 0 Å². The third-order valence-electron chi connectivity index (χ3n) is 1.70. The zero-order valence-corrected chi connectivity index (χ0v) is 7.47. The zero-order valence-electron chi connectivity index (χ0n) is 7.47. The van der Waals surface area contributed by atoms with Gasteiger partial charge in [0.25, 0.3) is 0 Å². The molecule has 0 fully saturated rings. The van der Waals surface area contributed by atoms with Crippen LogP contribution in [-0.4, -0.2) is 11.4 Å². The lowest BCUT2D eigenvalue weighted by Gasteiger charge is -1.98. The highest BCUT2D eigenvalue weighted by molar-refractivity contribution is 5.82. The van der Waals surface area contributed by atoms with Crippen molar-refractivity contribution in [3.8, 4) is 11.8 Å². The Morgan fingerprint density at radius 1 is 1.43 bits per heavy atom. The van der Waals surface area contributed by atoms with Crippen LogP contribution in [0.5, 0.6) is 5.75 Å². The molecule has 1 aromatic rings. The molecule has 1 rings (SSSR count). The molecule has 0 atom stereocenters. The predicted molar refractivity (Wildman–Crippen MR) is 52.8 cm³/mol. The Balaban J connectivity index is 2.97.